The van der Waals surface area contributed by atoms with Crippen LogP contribution in [0.1, 0.15) is 73.1 Å². The average molecular weight is 651 g/mol. The van der Waals surface area contributed by atoms with Gasteiger partial charge in [0, 0.05) is 13.7 Å². The molecule has 0 aromatic carbocycles. The smallest absolute Gasteiger partial charge is 0.407 e. The van der Waals surface area contributed by atoms with Crippen LogP contribution in [0, 0.1) is 11.8 Å². The van der Waals surface area contributed by atoms with E-state index in [1.165, 1.54) is 10.5 Å². The summed E-state index contributed by atoms with van der Waals surface area (Å²) in [7, 11) is 1.59. The van der Waals surface area contributed by atoms with Crippen molar-refractivity contribution in [3.63, 3.8) is 0 Å². The number of likely N-dealkylation sites (tertiary alicyclic amines) is 1. The van der Waals surface area contributed by atoms with Crippen LogP contribution in [0.15, 0.2) is 11.6 Å². The number of methoxy groups -OCH3 is 1. The molecule has 8 atom stereocenters. The number of alkyl carbamates (subject to hydrolysis) is 1. The van der Waals surface area contributed by atoms with E-state index in [2.05, 4.69) is 29.0 Å². The molecule has 8 unspecified atom stereocenters. The average Bonchev–Trinajstić information content (AvgIpc) is 3.84. The number of rotatable bonds is 14. The van der Waals surface area contributed by atoms with Gasteiger partial charge in [0.2, 0.25) is 17.7 Å². The lowest BCUT2D eigenvalue weighted by Gasteiger charge is -2.42. The van der Waals surface area contributed by atoms with E-state index in [1.807, 2.05) is 27.7 Å². The first-order valence-electron chi connectivity index (χ1n) is 16.2. The maximum absolute atomic E-state index is 13.2. The minimum Gasteiger partial charge on any atom is -0.480 e. The Labute approximate surface area is 270 Å². The molecule has 258 valence electrons. The Morgan fingerprint density at radius 2 is 1.83 bits per heavy atom. The van der Waals surface area contributed by atoms with E-state index in [-0.39, 0.29) is 30.1 Å². The van der Waals surface area contributed by atoms with Gasteiger partial charge >= 0.3 is 12.1 Å². The van der Waals surface area contributed by atoms with Gasteiger partial charge in [-0.2, -0.15) is 0 Å². The van der Waals surface area contributed by atoms with E-state index >= 15 is 0 Å². The van der Waals surface area contributed by atoms with Crippen molar-refractivity contribution in [3.05, 3.63) is 11.6 Å². The summed E-state index contributed by atoms with van der Waals surface area (Å²) in [4.78, 5) is 64.1. The fraction of sp³-hybridized carbons (Fsp3) is 0.781. The summed E-state index contributed by atoms with van der Waals surface area (Å²) in [6.45, 7) is 9.90. The van der Waals surface area contributed by atoms with Crippen molar-refractivity contribution in [1.82, 2.24) is 20.9 Å². The van der Waals surface area contributed by atoms with Gasteiger partial charge in [-0.05, 0) is 65.2 Å². The van der Waals surface area contributed by atoms with Crippen LogP contribution >= 0.6 is 0 Å². The van der Waals surface area contributed by atoms with Crippen molar-refractivity contribution in [3.8, 4) is 0 Å². The Morgan fingerprint density at radius 1 is 1.11 bits per heavy atom. The first-order chi connectivity index (χ1) is 21.7. The molecular weight excluding hydrogens is 600 g/mol. The van der Waals surface area contributed by atoms with Gasteiger partial charge in [-0.1, -0.05) is 25.5 Å². The highest BCUT2D eigenvalue weighted by molar-refractivity contribution is 5.93. The number of amides is 4. The van der Waals surface area contributed by atoms with Gasteiger partial charge in [-0.15, -0.1) is 0 Å². The maximum Gasteiger partial charge on any atom is 0.407 e. The Hall–Kier alpha value is -3.23. The van der Waals surface area contributed by atoms with E-state index in [0.29, 0.717) is 45.3 Å². The molecule has 0 aromatic rings. The van der Waals surface area contributed by atoms with Crippen LogP contribution in [0.3, 0.4) is 0 Å². The van der Waals surface area contributed by atoms with Crippen molar-refractivity contribution in [2.75, 3.05) is 33.4 Å². The van der Waals surface area contributed by atoms with Crippen molar-refractivity contribution in [2.45, 2.75) is 115 Å². The lowest BCUT2D eigenvalue weighted by Crippen LogP contribution is -2.56. The lowest BCUT2D eigenvalue weighted by atomic mass is 9.68. The Balaban J connectivity index is 1.31. The Bertz CT molecular complexity index is 1200. The topological polar surface area (TPSA) is 188 Å². The third-order valence-corrected chi connectivity index (χ3v) is 9.51. The molecule has 1 aliphatic carbocycles. The highest BCUT2D eigenvalue weighted by atomic mass is 16.6. The van der Waals surface area contributed by atoms with Crippen molar-refractivity contribution in [2.24, 2.45) is 11.8 Å². The second kappa shape index (κ2) is 14.7. The summed E-state index contributed by atoms with van der Waals surface area (Å²) < 4.78 is 23.9. The number of nitrogens with zero attached hydrogens (tertiary/aromatic N) is 1. The molecule has 1 spiro atoms. The van der Waals surface area contributed by atoms with Crippen LogP contribution in [-0.2, 0) is 38.1 Å². The van der Waals surface area contributed by atoms with Crippen LogP contribution < -0.4 is 16.0 Å². The third kappa shape index (κ3) is 8.37. The fourth-order valence-electron chi connectivity index (χ4n) is 7.09. The number of hydrogen-bond acceptors (Lipinski definition) is 9. The zero-order valence-electron chi connectivity index (χ0n) is 27.8. The third-order valence-electron chi connectivity index (χ3n) is 9.51. The van der Waals surface area contributed by atoms with Crippen LogP contribution in [-0.4, -0.2) is 115 Å². The molecule has 3 saturated heterocycles. The van der Waals surface area contributed by atoms with Crippen molar-refractivity contribution >= 4 is 29.8 Å². The number of carboxylic acid groups (broad SMARTS) is 1. The Morgan fingerprint density at radius 3 is 2.43 bits per heavy atom. The number of carbonyl (C=O) groups is 5. The second-order valence-electron chi connectivity index (χ2n) is 13.7. The Kier molecular flexibility index (Phi) is 11.4. The molecular formula is C32H50N4O10. The SMILES string of the molecule is COC1C(OC(=O)NCC(=O)N2CCCC2C(=O)NC(CC(C)C)C(=O)NCC(=O)O)CCC2(CO2)C1C1(C)OC1CC=C(C)C. The summed E-state index contributed by atoms with van der Waals surface area (Å²) >= 11 is 0. The molecule has 3 aliphatic heterocycles. The largest absolute Gasteiger partial charge is 0.480 e. The van der Waals surface area contributed by atoms with E-state index in [9.17, 15) is 24.0 Å². The summed E-state index contributed by atoms with van der Waals surface area (Å²) in [5.74, 6) is -2.85. The van der Waals surface area contributed by atoms with Gasteiger partial charge in [0.05, 0.1) is 18.6 Å². The van der Waals surface area contributed by atoms with Gasteiger partial charge in [0.1, 0.15) is 48.6 Å². The molecule has 4 N–H and O–H groups in total. The molecule has 0 radical (unpaired) electrons. The van der Waals surface area contributed by atoms with Crippen LogP contribution in [0.4, 0.5) is 4.79 Å². The minimum atomic E-state index is -1.20. The van der Waals surface area contributed by atoms with Crippen LogP contribution in [0.2, 0.25) is 0 Å². The van der Waals surface area contributed by atoms with E-state index in [0.717, 1.165) is 6.42 Å². The number of aliphatic carboxylic acids is 1. The zero-order chi connectivity index (χ0) is 33.8. The molecule has 0 aromatic heterocycles. The molecule has 1 saturated carbocycles. The summed E-state index contributed by atoms with van der Waals surface area (Å²) in [5, 5.41) is 16.4. The number of carbonyl (C=O) groups excluding carboxylic acids is 4. The zero-order valence-corrected chi connectivity index (χ0v) is 27.8. The fourth-order valence-corrected chi connectivity index (χ4v) is 7.09. The predicted molar refractivity (Wildman–Crippen MR) is 165 cm³/mol. The number of nitrogens with one attached hydrogen (secondary N) is 3. The summed E-state index contributed by atoms with van der Waals surface area (Å²) in [5.41, 5.74) is 0.373. The number of allylic oxidation sites excluding steroid dienone is 1. The maximum atomic E-state index is 13.2. The first kappa shape index (κ1) is 35.6. The highest BCUT2D eigenvalue weighted by Gasteiger charge is 2.72. The van der Waals surface area contributed by atoms with E-state index < -0.39 is 66.2 Å². The van der Waals surface area contributed by atoms with Gasteiger partial charge in [0.15, 0.2) is 0 Å². The molecule has 4 rings (SSSR count). The van der Waals surface area contributed by atoms with Gasteiger partial charge in [-0.3, -0.25) is 19.2 Å². The lowest BCUT2D eigenvalue weighted by molar-refractivity contribution is -0.140. The molecule has 46 heavy (non-hydrogen) atoms. The van der Waals surface area contributed by atoms with Crippen molar-refractivity contribution in [1.29, 1.82) is 0 Å². The molecule has 4 fully saturated rings. The molecule has 4 amide bonds. The van der Waals surface area contributed by atoms with Crippen molar-refractivity contribution < 1.29 is 48.0 Å². The van der Waals surface area contributed by atoms with E-state index in [4.69, 9.17) is 24.1 Å². The number of carboxylic acids is 1. The molecule has 0 bridgehead atoms. The van der Waals surface area contributed by atoms with Gasteiger partial charge in [0.25, 0.3) is 0 Å². The molecule has 14 nitrogen and oxygen atoms in total. The van der Waals surface area contributed by atoms with Crippen LogP contribution in [0.25, 0.3) is 0 Å². The normalized spacial score (nSPS) is 32.0. The standard InChI is InChI=1S/C32H50N4O10/c1-18(2)9-10-23-31(5,46-23)27-26(43-6)22(11-12-32(27)17-44-32)45-30(42)34-15-24(37)36-13-7-8-21(36)29(41)35-20(14-19(3)4)28(40)33-16-25(38)39/h9,19-23,26-27H,7-8,10-17H2,1-6H3,(H,33,40)(H,34,42)(H,35,41)(H,38,39). The quantitative estimate of drug-likeness (QED) is 0.159. The number of epoxide rings is 2. The van der Waals surface area contributed by atoms with Crippen LogP contribution in [0.5, 0.6) is 0 Å². The summed E-state index contributed by atoms with van der Waals surface area (Å²) in [6, 6.07) is -1.77. The summed E-state index contributed by atoms with van der Waals surface area (Å²) in [6.07, 6.45) is 3.65. The number of ether oxygens (including phenoxy) is 4. The van der Waals surface area contributed by atoms with E-state index in [1.54, 1.807) is 7.11 Å². The molecule has 4 aliphatic rings. The molecule has 3 heterocycles. The van der Waals surface area contributed by atoms with Gasteiger partial charge in [-0.25, -0.2) is 4.79 Å². The predicted octanol–water partition coefficient (Wildman–Crippen LogP) is 1.51. The highest BCUT2D eigenvalue weighted by Crippen LogP contribution is 2.59. The first-order valence-corrected chi connectivity index (χ1v) is 16.2. The molecule has 14 heteroatoms. The minimum absolute atomic E-state index is 0.0155. The second-order valence-corrected chi connectivity index (χ2v) is 13.7. The number of hydrogen-bond donors (Lipinski definition) is 4. The monoisotopic (exact) mass is 650 g/mol. The van der Waals surface area contributed by atoms with Gasteiger partial charge < -0.3 is 44.9 Å².